The van der Waals surface area contributed by atoms with Crippen LogP contribution in [0.15, 0.2) is 48.5 Å². The molecule has 0 aromatic heterocycles. The molecule has 2 aromatic rings. The lowest BCUT2D eigenvalue weighted by atomic mass is 9.49. The number of rotatable bonds is 18. The van der Waals surface area contributed by atoms with Gasteiger partial charge >= 0.3 is 0 Å². The number of hydrogen-bond acceptors (Lipinski definition) is 2. The lowest BCUT2D eigenvalue weighted by Gasteiger charge is -2.55. The minimum atomic E-state index is -0.345. The summed E-state index contributed by atoms with van der Waals surface area (Å²) in [5, 5.41) is -0.301. The average molecular weight is 616 g/mol. The van der Waals surface area contributed by atoms with E-state index in [1.54, 1.807) is 0 Å². The van der Waals surface area contributed by atoms with E-state index in [0.717, 1.165) is 57.1 Å². The van der Waals surface area contributed by atoms with Gasteiger partial charge in [-0.25, -0.2) is 0 Å². The van der Waals surface area contributed by atoms with Crippen molar-refractivity contribution in [2.75, 3.05) is 6.61 Å². The zero-order chi connectivity index (χ0) is 34.5. The summed E-state index contributed by atoms with van der Waals surface area (Å²) < 4.78 is 7.11. The third-order valence-corrected chi connectivity index (χ3v) is 13.5. The zero-order valence-electron chi connectivity index (χ0n) is 32.0. The van der Waals surface area contributed by atoms with Crippen LogP contribution in [-0.2, 0) is 26.4 Å². The van der Waals surface area contributed by atoms with E-state index >= 15 is 0 Å². The lowest BCUT2D eigenvalue weighted by molar-refractivity contribution is -0.101. The predicted molar refractivity (Wildman–Crippen MR) is 199 cm³/mol. The highest BCUT2D eigenvalue weighted by molar-refractivity contribution is 6.15. The van der Waals surface area contributed by atoms with Gasteiger partial charge in [0, 0.05) is 16.4 Å². The molecule has 0 aliphatic heterocycles. The highest BCUT2D eigenvalue weighted by Crippen LogP contribution is 2.57. The van der Waals surface area contributed by atoms with Crippen molar-refractivity contribution in [2.45, 2.75) is 170 Å². The van der Waals surface area contributed by atoms with E-state index in [4.69, 9.17) is 18.3 Å². The van der Waals surface area contributed by atoms with E-state index in [-0.39, 0.29) is 38.6 Å². The molecule has 4 unspecified atom stereocenters. The Morgan fingerprint density at radius 1 is 0.622 bits per heavy atom. The van der Waals surface area contributed by atoms with E-state index in [2.05, 4.69) is 145 Å². The van der Waals surface area contributed by atoms with E-state index in [1.807, 2.05) is 0 Å². The van der Waals surface area contributed by atoms with Gasteiger partial charge in [-0.1, -0.05) is 143 Å². The summed E-state index contributed by atoms with van der Waals surface area (Å²) in [6.45, 7) is 33.1. The fourth-order valence-electron chi connectivity index (χ4n) is 8.92. The van der Waals surface area contributed by atoms with Gasteiger partial charge in [-0.05, 0) is 91.6 Å². The molecule has 3 heteroatoms. The van der Waals surface area contributed by atoms with Crippen LogP contribution in [0.5, 0.6) is 0 Å². The summed E-state index contributed by atoms with van der Waals surface area (Å²) in [5.74, 6) is 0.445. The second kappa shape index (κ2) is 15.1. The molecule has 0 saturated heterocycles. The molecule has 2 rings (SSSR count). The summed E-state index contributed by atoms with van der Waals surface area (Å²) in [6.07, 6.45) is 7.64. The minimum absolute atomic E-state index is 0.0529. The van der Waals surface area contributed by atoms with Gasteiger partial charge in [0.25, 0.3) is 0 Å². The first-order valence-electron chi connectivity index (χ1n) is 18.3. The van der Waals surface area contributed by atoms with Crippen LogP contribution in [0.2, 0.25) is 0 Å². The fraction of sp³-hybridized carbons (Fsp3) is 0.714. The Kier molecular flexibility index (Phi) is 13.3. The second-order valence-electron chi connectivity index (χ2n) is 15.8. The first-order valence-corrected chi connectivity index (χ1v) is 18.3. The van der Waals surface area contributed by atoms with Gasteiger partial charge in [0.2, 0.25) is 0 Å². The summed E-state index contributed by atoms with van der Waals surface area (Å²) >= 11 is 0. The second-order valence-corrected chi connectivity index (χ2v) is 15.8. The molecule has 0 saturated carbocycles. The van der Waals surface area contributed by atoms with Crippen molar-refractivity contribution in [3.05, 3.63) is 70.8 Å². The minimum Gasteiger partial charge on any atom is -0.378 e. The molecule has 2 radical (unpaired) electrons. The van der Waals surface area contributed by atoms with Gasteiger partial charge in [0.05, 0.1) is 20.6 Å². The van der Waals surface area contributed by atoms with Gasteiger partial charge in [-0.3, -0.25) is 0 Å². The Bertz CT molecular complexity index is 1160. The van der Waals surface area contributed by atoms with Crippen molar-refractivity contribution in [1.29, 1.82) is 0 Å². The third kappa shape index (κ3) is 7.30. The molecule has 2 nitrogen and oxygen atoms in total. The van der Waals surface area contributed by atoms with E-state index in [0.29, 0.717) is 5.92 Å². The maximum Gasteiger partial charge on any atom is 0.0806 e. The molecule has 0 heterocycles. The fourth-order valence-corrected chi connectivity index (χ4v) is 8.92. The Hall–Kier alpha value is -1.58. The van der Waals surface area contributed by atoms with Crippen LogP contribution in [0, 0.1) is 16.7 Å². The standard InChI is InChI=1S/C42H70BNO/c1-15-32(30-45-31(8)39(13,16-2)37(9,10)33-22-24-34(25-23-33)38(11,12)44)41(18-4,19-5)42(20-6,21-7)36-28-26-35(27-29-36)40(14,43)17-3/h22-29,31-32H,15-21,30,44H2,1-14H3. The molecule has 4 atom stereocenters. The van der Waals surface area contributed by atoms with E-state index in [1.165, 1.54) is 16.7 Å². The molecule has 0 amide bonds. The molecule has 2 aromatic carbocycles. The maximum absolute atomic E-state index is 7.11. The van der Waals surface area contributed by atoms with Crippen molar-refractivity contribution in [1.82, 2.24) is 0 Å². The largest absolute Gasteiger partial charge is 0.378 e. The van der Waals surface area contributed by atoms with Gasteiger partial charge in [0.15, 0.2) is 0 Å². The Morgan fingerprint density at radius 3 is 1.44 bits per heavy atom. The van der Waals surface area contributed by atoms with Crippen LogP contribution in [-0.4, -0.2) is 20.6 Å². The van der Waals surface area contributed by atoms with Gasteiger partial charge in [-0.15, -0.1) is 0 Å². The Labute approximate surface area is 281 Å². The van der Waals surface area contributed by atoms with Crippen molar-refractivity contribution < 1.29 is 4.74 Å². The van der Waals surface area contributed by atoms with Gasteiger partial charge in [0.1, 0.15) is 0 Å². The van der Waals surface area contributed by atoms with Crippen molar-refractivity contribution >= 4 is 7.85 Å². The number of nitrogens with two attached hydrogens (primary N) is 1. The maximum atomic E-state index is 7.11. The van der Waals surface area contributed by atoms with Crippen LogP contribution in [0.3, 0.4) is 0 Å². The van der Waals surface area contributed by atoms with Crippen LogP contribution in [0.4, 0.5) is 0 Å². The lowest BCUT2D eigenvalue weighted by Crippen LogP contribution is -2.52. The number of benzene rings is 2. The molecule has 45 heavy (non-hydrogen) atoms. The van der Waals surface area contributed by atoms with Crippen molar-refractivity contribution in [2.24, 2.45) is 22.5 Å². The zero-order valence-corrected chi connectivity index (χ0v) is 32.0. The Balaban J connectivity index is 2.48. The van der Waals surface area contributed by atoms with Gasteiger partial charge < -0.3 is 10.5 Å². The van der Waals surface area contributed by atoms with Crippen molar-refractivity contribution in [3.8, 4) is 0 Å². The summed E-state index contributed by atoms with van der Waals surface area (Å²) in [6, 6.07) is 18.4. The molecule has 0 aliphatic carbocycles. The quantitative estimate of drug-likeness (QED) is 0.169. The molecular weight excluding hydrogens is 545 g/mol. The van der Waals surface area contributed by atoms with Crippen LogP contribution in [0.1, 0.15) is 164 Å². The molecular formula is C42H70BNO. The molecule has 252 valence electrons. The monoisotopic (exact) mass is 616 g/mol. The summed E-state index contributed by atoms with van der Waals surface area (Å²) in [5.41, 5.74) is 11.3. The SMILES string of the molecule is [B]C(C)(CC)c1ccc(C(CC)(CC)C(CC)(CC)C(CC)COC(C)C(C)(CC)C(C)(C)c2ccc(C(C)(C)N)cc2)cc1. The van der Waals surface area contributed by atoms with Crippen molar-refractivity contribution in [3.63, 3.8) is 0 Å². The van der Waals surface area contributed by atoms with E-state index in [9.17, 15) is 0 Å². The van der Waals surface area contributed by atoms with Crippen LogP contribution in [0.25, 0.3) is 0 Å². The first kappa shape index (κ1) is 39.6. The highest BCUT2D eigenvalue weighted by atomic mass is 16.5. The number of ether oxygens (including phenoxy) is 1. The first-order chi connectivity index (χ1) is 20.9. The van der Waals surface area contributed by atoms with Crippen LogP contribution < -0.4 is 5.73 Å². The molecule has 0 spiro atoms. The average Bonchev–Trinajstić information content (AvgIpc) is 3.03. The number of hydrogen-bond donors (Lipinski definition) is 1. The molecule has 0 fully saturated rings. The molecule has 2 N–H and O–H groups in total. The summed E-state index contributed by atoms with van der Waals surface area (Å²) in [7, 11) is 6.65. The third-order valence-electron chi connectivity index (χ3n) is 13.5. The van der Waals surface area contributed by atoms with E-state index < -0.39 is 0 Å². The molecule has 0 bridgehead atoms. The normalized spacial score (nSPS) is 17.4. The highest BCUT2D eigenvalue weighted by Gasteiger charge is 2.52. The smallest absolute Gasteiger partial charge is 0.0806 e. The van der Waals surface area contributed by atoms with Crippen LogP contribution >= 0.6 is 0 Å². The van der Waals surface area contributed by atoms with Gasteiger partial charge in [-0.2, -0.15) is 0 Å². The molecule has 0 aliphatic rings. The predicted octanol–water partition coefficient (Wildman–Crippen LogP) is 11.4. The summed E-state index contributed by atoms with van der Waals surface area (Å²) in [4.78, 5) is 0. The Morgan fingerprint density at radius 2 is 1.07 bits per heavy atom. The topological polar surface area (TPSA) is 35.2 Å².